The van der Waals surface area contributed by atoms with Crippen LogP contribution in [0.1, 0.15) is 21.6 Å². The molecule has 9 heteroatoms. The maximum atomic E-state index is 15.0. The van der Waals surface area contributed by atoms with Gasteiger partial charge in [0.25, 0.3) is 5.91 Å². The molecule has 0 bridgehead atoms. The smallest absolute Gasteiger partial charge is 0.271 e. The second-order valence-corrected chi connectivity index (χ2v) is 7.92. The van der Waals surface area contributed by atoms with Gasteiger partial charge in [0.15, 0.2) is 5.65 Å². The van der Waals surface area contributed by atoms with Gasteiger partial charge in [-0.05, 0) is 41.5 Å². The van der Waals surface area contributed by atoms with Crippen molar-refractivity contribution in [3.05, 3.63) is 83.4 Å². The number of aryl methyl sites for hydroxylation is 1. The van der Waals surface area contributed by atoms with Gasteiger partial charge in [-0.1, -0.05) is 12.1 Å². The van der Waals surface area contributed by atoms with Crippen LogP contribution in [0.25, 0.3) is 27.7 Å². The first-order valence-corrected chi connectivity index (χ1v) is 10.0. The summed E-state index contributed by atoms with van der Waals surface area (Å²) in [7, 11) is 1.82. The van der Waals surface area contributed by atoms with Crippen LogP contribution in [-0.4, -0.2) is 35.2 Å². The molecule has 0 saturated heterocycles. The molecule has 0 atom stereocenters. The first-order valence-electron chi connectivity index (χ1n) is 10.0. The van der Waals surface area contributed by atoms with E-state index >= 15 is 8.78 Å². The zero-order valence-corrected chi connectivity index (χ0v) is 17.0. The third-order valence-corrected chi connectivity index (χ3v) is 5.85. The molecule has 0 unspecified atom stereocenters. The fraction of sp³-hybridized carbons (Fsp3) is 0.130. The predicted molar refractivity (Wildman–Crippen MR) is 113 cm³/mol. The number of hydrogen-bond donors (Lipinski definition) is 0. The molecule has 4 heterocycles. The summed E-state index contributed by atoms with van der Waals surface area (Å²) in [5.74, 6) is -1.69. The number of nitrogens with zero attached hydrogens (tertiary/aromatic N) is 6. The van der Waals surface area contributed by atoms with Crippen LogP contribution in [-0.2, 0) is 20.1 Å². The number of rotatable bonds is 3. The molecule has 0 radical (unpaired) electrons. The summed E-state index contributed by atoms with van der Waals surface area (Å²) in [5.41, 5.74) is 3.53. The van der Waals surface area contributed by atoms with Gasteiger partial charge in [0.05, 0.1) is 12.1 Å². The van der Waals surface area contributed by atoms with E-state index in [9.17, 15) is 4.79 Å². The lowest BCUT2D eigenvalue weighted by molar-refractivity contribution is 0.0758. The predicted octanol–water partition coefficient (Wildman–Crippen LogP) is 3.72. The van der Waals surface area contributed by atoms with Gasteiger partial charge >= 0.3 is 0 Å². The van der Waals surface area contributed by atoms with Gasteiger partial charge in [-0.3, -0.25) is 13.9 Å². The Morgan fingerprint density at radius 2 is 1.84 bits per heavy atom. The molecule has 5 aromatic rings. The van der Waals surface area contributed by atoms with Crippen molar-refractivity contribution >= 4 is 22.5 Å². The van der Waals surface area contributed by atoms with Crippen LogP contribution >= 0.6 is 0 Å². The van der Waals surface area contributed by atoms with Crippen LogP contribution in [0, 0.1) is 11.6 Å². The molecule has 7 nitrogen and oxygen atoms in total. The Morgan fingerprint density at radius 1 is 1.03 bits per heavy atom. The molecule has 158 valence electrons. The highest BCUT2D eigenvalue weighted by Gasteiger charge is 2.31. The standard InChI is InChI=1S/C23H16F2N6O/c1-29-9-16-6-13(2-4-20(16)28-29)15-7-18(24)17(19(25)8-15)11-30-10-14-3-5-21-27-26-12-31(21)22(14)23(30)32/h2-9,12H,10-11H2,1H3. The Bertz CT molecular complexity index is 1530. The van der Waals surface area contributed by atoms with Crippen LogP contribution in [0.4, 0.5) is 8.78 Å². The number of carbonyl (C=O) groups excluding carboxylic acids is 1. The Kier molecular flexibility index (Phi) is 3.89. The van der Waals surface area contributed by atoms with E-state index in [1.807, 2.05) is 25.4 Å². The molecular formula is C23H16F2N6O. The van der Waals surface area contributed by atoms with E-state index in [4.69, 9.17) is 0 Å². The second kappa shape index (κ2) is 6.68. The molecular weight excluding hydrogens is 414 g/mol. The highest BCUT2D eigenvalue weighted by molar-refractivity contribution is 5.97. The molecule has 1 aliphatic rings. The topological polar surface area (TPSA) is 68.3 Å². The normalized spacial score (nSPS) is 13.5. The molecule has 0 spiro atoms. The van der Waals surface area contributed by atoms with Gasteiger partial charge in [-0.15, -0.1) is 10.2 Å². The number of carbonyl (C=O) groups is 1. The summed E-state index contributed by atoms with van der Waals surface area (Å²) in [6.07, 6.45) is 3.31. The molecule has 1 amide bonds. The third-order valence-electron chi connectivity index (χ3n) is 5.85. The number of fused-ring (bicyclic) bond motifs is 4. The van der Waals surface area contributed by atoms with Gasteiger partial charge in [-0.2, -0.15) is 5.10 Å². The van der Waals surface area contributed by atoms with E-state index < -0.39 is 11.6 Å². The highest BCUT2D eigenvalue weighted by atomic mass is 19.1. The zero-order chi connectivity index (χ0) is 22.0. The molecule has 0 saturated carbocycles. The summed E-state index contributed by atoms with van der Waals surface area (Å²) < 4.78 is 33.3. The van der Waals surface area contributed by atoms with Gasteiger partial charge in [0.1, 0.15) is 23.7 Å². The van der Waals surface area contributed by atoms with E-state index in [0.29, 0.717) is 22.5 Å². The summed E-state index contributed by atoms with van der Waals surface area (Å²) in [6.45, 7) is 0.0946. The Hall–Kier alpha value is -4.14. The lowest BCUT2D eigenvalue weighted by atomic mass is 10.0. The first kappa shape index (κ1) is 18.6. The largest absolute Gasteiger partial charge is 0.328 e. The molecule has 0 N–H and O–H groups in total. The lowest BCUT2D eigenvalue weighted by Crippen LogP contribution is -2.25. The number of amides is 1. The summed E-state index contributed by atoms with van der Waals surface area (Å²) in [6, 6.07) is 11.6. The van der Waals surface area contributed by atoms with Gasteiger partial charge < -0.3 is 4.90 Å². The molecule has 6 rings (SSSR count). The van der Waals surface area contributed by atoms with E-state index in [-0.39, 0.29) is 24.6 Å². The highest BCUT2D eigenvalue weighted by Crippen LogP contribution is 2.30. The fourth-order valence-electron chi connectivity index (χ4n) is 4.30. The number of hydrogen-bond acceptors (Lipinski definition) is 4. The van der Waals surface area contributed by atoms with Crippen LogP contribution in [0.2, 0.25) is 0 Å². The van der Waals surface area contributed by atoms with Gasteiger partial charge in [-0.25, -0.2) is 8.78 Å². The summed E-state index contributed by atoms with van der Waals surface area (Å²) in [5, 5.41) is 13.0. The van der Waals surface area contributed by atoms with Crippen molar-refractivity contribution in [1.82, 2.24) is 29.3 Å². The monoisotopic (exact) mass is 430 g/mol. The van der Waals surface area contributed by atoms with E-state index in [0.717, 1.165) is 16.5 Å². The van der Waals surface area contributed by atoms with Crippen molar-refractivity contribution in [2.24, 2.45) is 7.05 Å². The lowest BCUT2D eigenvalue weighted by Gasteiger charge is -2.17. The van der Waals surface area contributed by atoms with Crippen molar-refractivity contribution in [1.29, 1.82) is 0 Å². The Morgan fingerprint density at radius 3 is 2.66 bits per heavy atom. The van der Waals surface area contributed by atoms with Crippen molar-refractivity contribution in [2.45, 2.75) is 13.1 Å². The zero-order valence-electron chi connectivity index (χ0n) is 17.0. The molecule has 0 aliphatic carbocycles. The van der Waals surface area contributed by atoms with Crippen molar-refractivity contribution in [2.75, 3.05) is 0 Å². The third kappa shape index (κ3) is 2.78. The minimum absolute atomic E-state index is 0.141. The Labute approximate surface area is 180 Å². The summed E-state index contributed by atoms with van der Waals surface area (Å²) >= 11 is 0. The van der Waals surface area contributed by atoms with Crippen LogP contribution in [0.3, 0.4) is 0 Å². The van der Waals surface area contributed by atoms with Crippen LogP contribution in [0.15, 0.2) is 55.0 Å². The van der Waals surface area contributed by atoms with Gasteiger partial charge in [0.2, 0.25) is 0 Å². The number of aromatic nitrogens is 5. The summed E-state index contributed by atoms with van der Waals surface area (Å²) in [4.78, 5) is 14.4. The van der Waals surface area contributed by atoms with Crippen LogP contribution < -0.4 is 0 Å². The average Bonchev–Trinajstić information content (AvgIpc) is 3.46. The Balaban J connectivity index is 1.33. The van der Waals surface area contributed by atoms with E-state index in [2.05, 4.69) is 15.3 Å². The molecule has 0 fully saturated rings. The maximum absolute atomic E-state index is 15.0. The number of pyridine rings is 1. The first-order chi connectivity index (χ1) is 15.5. The van der Waals surface area contributed by atoms with Crippen molar-refractivity contribution in [3.63, 3.8) is 0 Å². The second-order valence-electron chi connectivity index (χ2n) is 7.92. The molecule has 3 aromatic heterocycles. The van der Waals surface area contributed by atoms with Crippen molar-refractivity contribution < 1.29 is 13.6 Å². The minimum Gasteiger partial charge on any atom is -0.328 e. The quantitative estimate of drug-likeness (QED) is 0.438. The van der Waals surface area contributed by atoms with E-state index in [1.54, 1.807) is 27.3 Å². The van der Waals surface area contributed by atoms with Crippen molar-refractivity contribution in [3.8, 4) is 11.1 Å². The minimum atomic E-state index is -0.690. The molecule has 1 aliphatic heterocycles. The maximum Gasteiger partial charge on any atom is 0.271 e. The number of halogens is 2. The molecule has 32 heavy (non-hydrogen) atoms. The fourth-order valence-corrected chi connectivity index (χ4v) is 4.30. The van der Waals surface area contributed by atoms with Gasteiger partial charge in [0, 0.05) is 36.3 Å². The average molecular weight is 430 g/mol. The molecule has 2 aromatic carbocycles. The van der Waals surface area contributed by atoms with E-state index in [1.165, 1.54) is 23.4 Å². The SMILES string of the molecule is Cn1cc2cc(-c3cc(F)c(CN4Cc5ccc6nncn6c5C4=O)c(F)c3)ccc2n1. The number of benzene rings is 2. The van der Waals surface area contributed by atoms with Crippen LogP contribution in [0.5, 0.6) is 0 Å².